The lowest BCUT2D eigenvalue weighted by Crippen LogP contribution is -2.48. The van der Waals surface area contributed by atoms with Gasteiger partial charge in [-0.1, -0.05) is 24.6 Å². The maximum absolute atomic E-state index is 13.5. The normalized spacial score (nSPS) is 11.7. The second-order valence-corrected chi connectivity index (χ2v) is 9.51. The maximum Gasteiger partial charge on any atom is 0.264 e. The van der Waals surface area contributed by atoms with Crippen molar-refractivity contribution in [2.75, 3.05) is 25.1 Å². The largest absolute Gasteiger partial charge is 0.497 e. The Morgan fingerprint density at radius 2 is 1.70 bits per heavy atom. The minimum atomic E-state index is -4.05. The van der Waals surface area contributed by atoms with Crippen molar-refractivity contribution in [2.45, 2.75) is 44.6 Å². The van der Waals surface area contributed by atoms with Gasteiger partial charge in [-0.25, -0.2) is 8.42 Å². The van der Waals surface area contributed by atoms with Gasteiger partial charge in [0.1, 0.15) is 18.0 Å². The zero-order chi connectivity index (χ0) is 22.5. The van der Waals surface area contributed by atoms with E-state index < -0.39 is 28.0 Å². The summed E-state index contributed by atoms with van der Waals surface area (Å²) in [7, 11) is -1.12. The monoisotopic (exact) mass is 434 g/mol. The molecule has 2 aromatic rings. The first-order valence-electron chi connectivity index (χ1n) is 9.66. The molecule has 1 N–H and O–H groups in total. The number of benzene rings is 2. The van der Waals surface area contributed by atoms with Gasteiger partial charge in [-0.05, 0) is 51.5 Å². The van der Waals surface area contributed by atoms with Crippen LogP contribution in [0.5, 0.6) is 11.5 Å². The van der Waals surface area contributed by atoms with Crippen LogP contribution in [0.2, 0.25) is 0 Å². The molecule has 0 atom stereocenters. The molecule has 0 aromatic heterocycles. The Bertz CT molecular complexity index is 985. The molecule has 0 unspecified atom stereocenters. The molecule has 0 heterocycles. The van der Waals surface area contributed by atoms with E-state index in [0.717, 1.165) is 9.87 Å². The SMILES string of the molecule is CCC(C)(C)NC(=O)CN(c1cc(OC)ccc1OC)S(=O)(=O)c1ccc(C)cc1. The third kappa shape index (κ3) is 5.44. The summed E-state index contributed by atoms with van der Waals surface area (Å²) in [6.07, 6.45) is 0.700. The van der Waals surface area contributed by atoms with Gasteiger partial charge in [0.25, 0.3) is 10.0 Å². The number of anilines is 1. The Hall–Kier alpha value is -2.74. The van der Waals surface area contributed by atoms with Gasteiger partial charge in [-0.2, -0.15) is 0 Å². The molecule has 0 saturated carbocycles. The van der Waals surface area contributed by atoms with E-state index in [1.165, 1.54) is 26.4 Å². The van der Waals surface area contributed by atoms with Crippen molar-refractivity contribution in [3.8, 4) is 11.5 Å². The van der Waals surface area contributed by atoms with E-state index in [4.69, 9.17) is 9.47 Å². The van der Waals surface area contributed by atoms with Gasteiger partial charge in [-0.3, -0.25) is 9.10 Å². The van der Waals surface area contributed by atoms with Crippen molar-refractivity contribution in [2.24, 2.45) is 0 Å². The molecular formula is C22H30N2O5S. The summed E-state index contributed by atoms with van der Waals surface area (Å²) < 4.78 is 38.8. The summed E-state index contributed by atoms with van der Waals surface area (Å²) >= 11 is 0. The van der Waals surface area contributed by atoms with Crippen LogP contribution in [0.4, 0.5) is 5.69 Å². The molecular weight excluding hydrogens is 404 g/mol. The number of carbonyl (C=O) groups excluding carboxylic acids is 1. The highest BCUT2D eigenvalue weighted by atomic mass is 32.2. The molecule has 0 radical (unpaired) electrons. The number of methoxy groups -OCH3 is 2. The second-order valence-electron chi connectivity index (χ2n) is 7.65. The first kappa shape index (κ1) is 23.5. The van der Waals surface area contributed by atoms with Gasteiger partial charge < -0.3 is 14.8 Å². The summed E-state index contributed by atoms with van der Waals surface area (Å²) in [6.45, 7) is 7.20. The van der Waals surface area contributed by atoms with Gasteiger partial charge in [0.15, 0.2) is 0 Å². The molecule has 2 aromatic carbocycles. The number of sulfonamides is 1. The number of nitrogens with zero attached hydrogens (tertiary/aromatic N) is 1. The van der Waals surface area contributed by atoms with Crippen molar-refractivity contribution in [1.29, 1.82) is 0 Å². The van der Waals surface area contributed by atoms with Gasteiger partial charge in [0.05, 0.1) is 24.8 Å². The number of amides is 1. The molecule has 0 aliphatic heterocycles. The van der Waals surface area contributed by atoms with Crippen molar-refractivity contribution >= 4 is 21.6 Å². The first-order valence-corrected chi connectivity index (χ1v) is 11.1. The van der Waals surface area contributed by atoms with E-state index in [1.807, 2.05) is 27.7 Å². The number of carbonyl (C=O) groups is 1. The van der Waals surface area contributed by atoms with Crippen LogP contribution in [0.25, 0.3) is 0 Å². The molecule has 0 saturated heterocycles. The Morgan fingerprint density at radius 3 is 2.23 bits per heavy atom. The molecule has 2 rings (SSSR count). The highest BCUT2D eigenvalue weighted by Crippen LogP contribution is 2.35. The van der Waals surface area contributed by atoms with Crippen LogP contribution in [0.15, 0.2) is 47.4 Å². The smallest absolute Gasteiger partial charge is 0.264 e. The van der Waals surface area contributed by atoms with Crippen molar-refractivity contribution in [3.63, 3.8) is 0 Å². The molecule has 1 amide bonds. The minimum absolute atomic E-state index is 0.0838. The average molecular weight is 435 g/mol. The zero-order valence-electron chi connectivity index (χ0n) is 18.4. The topological polar surface area (TPSA) is 84.9 Å². The van der Waals surface area contributed by atoms with E-state index in [2.05, 4.69) is 5.32 Å². The third-order valence-electron chi connectivity index (χ3n) is 4.91. The van der Waals surface area contributed by atoms with Crippen LogP contribution in [0, 0.1) is 6.92 Å². The molecule has 0 fully saturated rings. The molecule has 7 nitrogen and oxygen atoms in total. The van der Waals surface area contributed by atoms with E-state index in [1.54, 1.807) is 30.3 Å². The number of ether oxygens (including phenoxy) is 2. The van der Waals surface area contributed by atoms with Crippen LogP contribution >= 0.6 is 0 Å². The van der Waals surface area contributed by atoms with E-state index in [-0.39, 0.29) is 10.6 Å². The Morgan fingerprint density at radius 1 is 1.07 bits per heavy atom. The first-order chi connectivity index (χ1) is 14.0. The van der Waals surface area contributed by atoms with Crippen LogP contribution in [-0.4, -0.2) is 40.6 Å². The fourth-order valence-electron chi connectivity index (χ4n) is 2.76. The lowest BCUT2D eigenvalue weighted by Gasteiger charge is -2.29. The molecule has 0 spiro atoms. The highest BCUT2D eigenvalue weighted by molar-refractivity contribution is 7.92. The number of rotatable bonds is 9. The molecule has 0 bridgehead atoms. The van der Waals surface area contributed by atoms with Crippen LogP contribution in [0.1, 0.15) is 32.8 Å². The molecule has 30 heavy (non-hydrogen) atoms. The molecule has 0 aliphatic carbocycles. The fourth-order valence-corrected chi connectivity index (χ4v) is 4.19. The summed E-state index contributed by atoms with van der Waals surface area (Å²) in [5, 5.41) is 2.89. The summed E-state index contributed by atoms with van der Waals surface area (Å²) in [5.74, 6) is 0.348. The molecule has 0 aliphatic rings. The minimum Gasteiger partial charge on any atom is -0.497 e. The lowest BCUT2D eigenvalue weighted by atomic mass is 10.0. The van der Waals surface area contributed by atoms with E-state index >= 15 is 0 Å². The molecule has 164 valence electrons. The maximum atomic E-state index is 13.5. The predicted molar refractivity (Wildman–Crippen MR) is 118 cm³/mol. The highest BCUT2D eigenvalue weighted by Gasteiger charge is 2.31. The van der Waals surface area contributed by atoms with E-state index in [0.29, 0.717) is 17.9 Å². The standard InChI is InChI=1S/C22H30N2O5S/c1-7-22(3,4)23-21(25)15-24(19-14-17(28-5)10-13-20(19)29-6)30(26,27)18-11-8-16(2)9-12-18/h8-14H,7,15H2,1-6H3,(H,23,25). The molecule has 8 heteroatoms. The number of hydrogen-bond acceptors (Lipinski definition) is 5. The van der Waals surface area contributed by atoms with Crippen LogP contribution in [-0.2, 0) is 14.8 Å². The van der Waals surface area contributed by atoms with Crippen LogP contribution in [0.3, 0.4) is 0 Å². The Kier molecular flexibility index (Phi) is 7.36. The van der Waals surface area contributed by atoms with Gasteiger partial charge in [-0.15, -0.1) is 0 Å². The van der Waals surface area contributed by atoms with Crippen LogP contribution < -0.4 is 19.1 Å². The summed E-state index contributed by atoms with van der Waals surface area (Å²) in [5.41, 5.74) is 0.693. The van der Waals surface area contributed by atoms with Crippen molar-refractivity contribution in [1.82, 2.24) is 5.32 Å². The average Bonchev–Trinajstić information content (AvgIpc) is 2.71. The summed E-state index contributed by atoms with van der Waals surface area (Å²) in [6, 6.07) is 11.3. The third-order valence-corrected chi connectivity index (χ3v) is 6.69. The Labute approximate surface area is 179 Å². The number of hydrogen-bond donors (Lipinski definition) is 1. The summed E-state index contributed by atoms with van der Waals surface area (Å²) in [4.78, 5) is 12.9. The van der Waals surface area contributed by atoms with Gasteiger partial charge >= 0.3 is 0 Å². The zero-order valence-corrected chi connectivity index (χ0v) is 19.2. The van der Waals surface area contributed by atoms with E-state index in [9.17, 15) is 13.2 Å². The number of nitrogens with one attached hydrogen (secondary N) is 1. The number of aryl methyl sites for hydroxylation is 1. The quantitative estimate of drug-likeness (QED) is 0.653. The van der Waals surface area contributed by atoms with Crippen molar-refractivity contribution < 1.29 is 22.7 Å². The fraction of sp³-hybridized carbons (Fsp3) is 0.409. The van der Waals surface area contributed by atoms with Gasteiger partial charge in [0.2, 0.25) is 5.91 Å². The lowest BCUT2D eigenvalue weighted by molar-refractivity contribution is -0.121. The Balaban J connectivity index is 2.58. The van der Waals surface area contributed by atoms with Crippen molar-refractivity contribution in [3.05, 3.63) is 48.0 Å². The van der Waals surface area contributed by atoms with Gasteiger partial charge in [0, 0.05) is 11.6 Å². The predicted octanol–water partition coefficient (Wildman–Crippen LogP) is 3.51. The second kappa shape index (κ2) is 9.38.